The summed E-state index contributed by atoms with van der Waals surface area (Å²) in [5.74, 6) is 0.628. The van der Waals surface area contributed by atoms with E-state index in [0.29, 0.717) is 22.3 Å². The highest BCUT2D eigenvalue weighted by Gasteiger charge is 2.26. The molecule has 0 aromatic heterocycles. The third-order valence-electron chi connectivity index (χ3n) is 5.10. The van der Waals surface area contributed by atoms with Crippen molar-refractivity contribution in [3.05, 3.63) is 69.2 Å². The van der Waals surface area contributed by atoms with Crippen molar-refractivity contribution in [3.8, 4) is 0 Å². The average molecular weight is 481 g/mol. The Morgan fingerprint density at radius 1 is 1.13 bits per heavy atom. The van der Waals surface area contributed by atoms with Gasteiger partial charge in [0.05, 0.1) is 5.75 Å². The molecule has 0 spiro atoms. The number of carbonyl (C=O) groups is 2. The van der Waals surface area contributed by atoms with Gasteiger partial charge in [-0.05, 0) is 50.5 Å². The first kappa shape index (κ1) is 25.6. The van der Waals surface area contributed by atoms with E-state index in [1.54, 1.807) is 24.0 Å². The zero-order valence-electron chi connectivity index (χ0n) is 18.5. The normalized spacial score (nSPS) is 12.8. The van der Waals surface area contributed by atoms with Crippen molar-refractivity contribution in [1.29, 1.82) is 0 Å². The van der Waals surface area contributed by atoms with E-state index < -0.39 is 6.04 Å². The molecule has 0 heterocycles. The molecule has 2 rings (SSSR count). The lowest BCUT2D eigenvalue weighted by molar-refractivity contribution is -0.138. The van der Waals surface area contributed by atoms with Crippen molar-refractivity contribution in [2.24, 2.45) is 0 Å². The van der Waals surface area contributed by atoms with Gasteiger partial charge in [0.15, 0.2) is 0 Å². The second-order valence-electron chi connectivity index (χ2n) is 7.73. The Balaban J connectivity index is 2.10. The summed E-state index contributed by atoms with van der Waals surface area (Å²) in [5, 5.41) is 4.16. The van der Waals surface area contributed by atoms with Crippen LogP contribution >= 0.6 is 35.0 Å². The van der Waals surface area contributed by atoms with E-state index in [9.17, 15) is 9.59 Å². The lowest BCUT2D eigenvalue weighted by Crippen LogP contribution is -2.50. The lowest BCUT2D eigenvalue weighted by atomic mass is 10.1. The molecule has 0 bridgehead atoms. The highest BCUT2D eigenvalue weighted by atomic mass is 35.5. The highest BCUT2D eigenvalue weighted by molar-refractivity contribution is 7.99. The molecule has 4 nitrogen and oxygen atoms in total. The fourth-order valence-corrected chi connectivity index (χ4v) is 4.49. The molecule has 0 saturated carbocycles. The van der Waals surface area contributed by atoms with Gasteiger partial charge in [-0.3, -0.25) is 9.59 Å². The summed E-state index contributed by atoms with van der Waals surface area (Å²) in [5.41, 5.74) is 3.05. The standard InChI is InChI=1S/C24H30Cl2N2O2S/c1-5-17(3)27-24(30)18(4)28(13-19-8-6-7-16(2)11-19)23(29)15-31-14-20-9-10-21(25)12-22(20)26/h6-12,17-18H,5,13-15H2,1-4H3,(H,27,30)/t17-,18-/m1/s1. The monoisotopic (exact) mass is 480 g/mol. The lowest BCUT2D eigenvalue weighted by Gasteiger charge is -2.29. The van der Waals surface area contributed by atoms with Gasteiger partial charge in [0.1, 0.15) is 6.04 Å². The molecular weight excluding hydrogens is 451 g/mol. The van der Waals surface area contributed by atoms with E-state index in [1.807, 2.05) is 51.1 Å². The molecule has 1 N–H and O–H groups in total. The third kappa shape index (κ3) is 8.06. The Morgan fingerprint density at radius 3 is 2.52 bits per heavy atom. The molecule has 31 heavy (non-hydrogen) atoms. The topological polar surface area (TPSA) is 49.4 Å². The van der Waals surface area contributed by atoms with Crippen LogP contribution in [0.2, 0.25) is 10.0 Å². The number of hydrogen-bond acceptors (Lipinski definition) is 3. The maximum absolute atomic E-state index is 13.1. The minimum Gasteiger partial charge on any atom is -0.352 e. The highest BCUT2D eigenvalue weighted by Crippen LogP contribution is 2.25. The molecule has 0 radical (unpaired) electrons. The largest absolute Gasteiger partial charge is 0.352 e. The van der Waals surface area contributed by atoms with Crippen molar-refractivity contribution >= 4 is 46.8 Å². The Hall–Kier alpha value is -1.69. The quantitative estimate of drug-likeness (QED) is 0.462. The second kappa shape index (κ2) is 12.4. The maximum Gasteiger partial charge on any atom is 0.242 e. The molecule has 168 valence electrons. The van der Waals surface area contributed by atoms with Crippen molar-refractivity contribution in [3.63, 3.8) is 0 Å². The number of rotatable bonds is 10. The van der Waals surface area contributed by atoms with E-state index >= 15 is 0 Å². The van der Waals surface area contributed by atoms with Crippen LogP contribution in [0.4, 0.5) is 0 Å². The van der Waals surface area contributed by atoms with Gasteiger partial charge in [0.2, 0.25) is 11.8 Å². The molecular formula is C24H30Cl2N2O2S. The van der Waals surface area contributed by atoms with Gasteiger partial charge in [0.25, 0.3) is 0 Å². The summed E-state index contributed by atoms with van der Waals surface area (Å²) in [4.78, 5) is 27.5. The fraction of sp³-hybridized carbons (Fsp3) is 0.417. The summed E-state index contributed by atoms with van der Waals surface area (Å²) in [7, 11) is 0. The van der Waals surface area contributed by atoms with Gasteiger partial charge in [-0.25, -0.2) is 0 Å². The molecule has 2 atom stereocenters. The van der Waals surface area contributed by atoms with Crippen LogP contribution < -0.4 is 5.32 Å². The number of amides is 2. The van der Waals surface area contributed by atoms with Crippen molar-refractivity contribution in [2.75, 3.05) is 5.75 Å². The number of nitrogens with one attached hydrogen (secondary N) is 1. The number of halogens is 2. The maximum atomic E-state index is 13.1. The van der Waals surface area contributed by atoms with Crippen LogP contribution in [-0.2, 0) is 21.9 Å². The van der Waals surface area contributed by atoms with E-state index in [-0.39, 0.29) is 23.6 Å². The minimum absolute atomic E-state index is 0.0623. The van der Waals surface area contributed by atoms with Crippen LogP contribution in [0.5, 0.6) is 0 Å². The van der Waals surface area contributed by atoms with Crippen LogP contribution in [0.15, 0.2) is 42.5 Å². The van der Waals surface area contributed by atoms with Crippen molar-refractivity contribution in [1.82, 2.24) is 10.2 Å². The molecule has 0 aliphatic heterocycles. The smallest absolute Gasteiger partial charge is 0.242 e. The van der Waals surface area contributed by atoms with E-state index in [2.05, 4.69) is 5.32 Å². The molecule has 0 unspecified atom stereocenters. The van der Waals surface area contributed by atoms with Crippen LogP contribution in [-0.4, -0.2) is 34.6 Å². The van der Waals surface area contributed by atoms with Crippen LogP contribution in [0.1, 0.15) is 43.9 Å². The number of benzene rings is 2. The third-order valence-corrected chi connectivity index (χ3v) is 6.66. The summed E-state index contributed by atoms with van der Waals surface area (Å²) < 4.78 is 0. The Bertz CT molecular complexity index is 907. The van der Waals surface area contributed by atoms with E-state index in [0.717, 1.165) is 23.1 Å². The van der Waals surface area contributed by atoms with Crippen molar-refractivity contribution < 1.29 is 9.59 Å². The van der Waals surface area contributed by atoms with Gasteiger partial charge in [-0.1, -0.05) is 66.0 Å². The zero-order chi connectivity index (χ0) is 23.0. The second-order valence-corrected chi connectivity index (χ2v) is 9.56. The van der Waals surface area contributed by atoms with Gasteiger partial charge in [-0.2, -0.15) is 0 Å². The summed E-state index contributed by atoms with van der Waals surface area (Å²) in [6, 6.07) is 12.9. The van der Waals surface area contributed by atoms with Crippen LogP contribution in [0, 0.1) is 6.92 Å². The molecule has 2 amide bonds. The van der Waals surface area contributed by atoms with Gasteiger partial charge in [-0.15, -0.1) is 11.8 Å². The number of carbonyl (C=O) groups excluding carboxylic acids is 2. The SMILES string of the molecule is CC[C@@H](C)NC(=O)[C@@H](C)N(Cc1cccc(C)c1)C(=O)CSCc1ccc(Cl)cc1Cl. The molecule has 7 heteroatoms. The fourth-order valence-electron chi connectivity index (χ4n) is 3.03. The van der Waals surface area contributed by atoms with E-state index in [4.69, 9.17) is 23.2 Å². The Morgan fingerprint density at radius 2 is 1.87 bits per heavy atom. The molecule has 2 aromatic carbocycles. The Labute approximate surface area is 199 Å². The van der Waals surface area contributed by atoms with Crippen LogP contribution in [0.25, 0.3) is 0 Å². The van der Waals surface area contributed by atoms with Crippen LogP contribution in [0.3, 0.4) is 0 Å². The van der Waals surface area contributed by atoms with Gasteiger partial charge >= 0.3 is 0 Å². The zero-order valence-corrected chi connectivity index (χ0v) is 20.8. The van der Waals surface area contributed by atoms with Crippen molar-refractivity contribution in [2.45, 2.75) is 58.5 Å². The Kier molecular flexibility index (Phi) is 10.2. The molecule has 0 aliphatic rings. The summed E-state index contributed by atoms with van der Waals surface area (Å²) in [6.45, 7) is 8.16. The molecule has 0 fully saturated rings. The number of thioether (sulfide) groups is 1. The summed E-state index contributed by atoms with van der Waals surface area (Å²) >= 11 is 13.7. The molecule has 0 saturated heterocycles. The molecule has 2 aromatic rings. The minimum atomic E-state index is -0.568. The first-order chi connectivity index (χ1) is 14.7. The average Bonchev–Trinajstić information content (AvgIpc) is 2.72. The first-order valence-corrected chi connectivity index (χ1v) is 12.3. The number of aryl methyl sites for hydroxylation is 1. The first-order valence-electron chi connectivity index (χ1n) is 10.4. The number of hydrogen-bond donors (Lipinski definition) is 1. The predicted octanol–water partition coefficient (Wildman–Crippen LogP) is 5.87. The van der Waals surface area contributed by atoms with E-state index in [1.165, 1.54) is 11.8 Å². The predicted molar refractivity (Wildman–Crippen MR) is 132 cm³/mol. The van der Waals surface area contributed by atoms with Gasteiger partial charge in [0, 0.05) is 28.4 Å². The number of nitrogens with zero attached hydrogens (tertiary/aromatic N) is 1. The van der Waals surface area contributed by atoms with Gasteiger partial charge < -0.3 is 10.2 Å². The molecule has 0 aliphatic carbocycles. The summed E-state index contributed by atoms with van der Waals surface area (Å²) in [6.07, 6.45) is 0.835.